The van der Waals surface area contributed by atoms with E-state index in [1.807, 2.05) is 6.07 Å². The molecule has 5 heteroatoms. The highest BCUT2D eigenvalue weighted by molar-refractivity contribution is 14.1. The maximum atomic E-state index is 12.4. The van der Waals surface area contributed by atoms with Gasteiger partial charge >= 0.3 is 0 Å². The number of amides is 1. The van der Waals surface area contributed by atoms with Crippen LogP contribution in [0.25, 0.3) is 0 Å². The van der Waals surface area contributed by atoms with Crippen LogP contribution in [0.2, 0.25) is 5.02 Å². The molecular formula is C13H15ClINO2. The van der Waals surface area contributed by atoms with Crippen LogP contribution in [-0.4, -0.2) is 35.1 Å². The van der Waals surface area contributed by atoms with Crippen molar-refractivity contribution in [2.24, 2.45) is 5.92 Å². The minimum Gasteiger partial charge on any atom is -0.393 e. The highest BCUT2D eigenvalue weighted by atomic mass is 127. The summed E-state index contributed by atoms with van der Waals surface area (Å²) < 4.78 is 0.905. The van der Waals surface area contributed by atoms with Gasteiger partial charge in [0, 0.05) is 27.6 Å². The minimum atomic E-state index is -0.360. The molecule has 1 aromatic carbocycles. The first-order valence-corrected chi connectivity index (χ1v) is 7.37. The third-order valence-electron chi connectivity index (χ3n) is 3.35. The maximum Gasteiger partial charge on any atom is 0.254 e. The molecule has 1 heterocycles. The Morgan fingerprint density at radius 1 is 1.61 bits per heavy atom. The number of aliphatic hydroxyl groups excluding tert-OH is 1. The predicted molar refractivity (Wildman–Crippen MR) is 79.9 cm³/mol. The Bertz CT molecular complexity index is 464. The zero-order valence-electron chi connectivity index (χ0n) is 10.1. The first-order chi connectivity index (χ1) is 8.49. The normalized spacial score (nSPS) is 21.1. The summed E-state index contributed by atoms with van der Waals surface area (Å²) in [6, 6.07) is 5.34. The number of hydrogen-bond donors (Lipinski definition) is 1. The molecule has 1 fully saturated rings. The Morgan fingerprint density at radius 3 is 2.94 bits per heavy atom. The van der Waals surface area contributed by atoms with E-state index in [9.17, 15) is 9.90 Å². The molecule has 3 nitrogen and oxygen atoms in total. The summed E-state index contributed by atoms with van der Waals surface area (Å²) in [7, 11) is 0. The van der Waals surface area contributed by atoms with E-state index < -0.39 is 0 Å². The molecular weight excluding hydrogens is 365 g/mol. The number of nitrogens with zero attached hydrogens (tertiary/aromatic N) is 1. The number of halogens is 2. The van der Waals surface area contributed by atoms with Crippen molar-refractivity contribution in [3.63, 3.8) is 0 Å². The van der Waals surface area contributed by atoms with Crippen molar-refractivity contribution in [1.29, 1.82) is 0 Å². The fourth-order valence-electron chi connectivity index (χ4n) is 2.20. The van der Waals surface area contributed by atoms with Crippen LogP contribution < -0.4 is 0 Å². The van der Waals surface area contributed by atoms with Crippen LogP contribution >= 0.6 is 34.2 Å². The predicted octanol–water partition coefficient (Wildman–Crippen LogP) is 2.79. The second-order valence-electron chi connectivity index (χ2n) is 4.66. The van der Waals surface area contributed by atoms with Gasteiger partial charge in [0.25, 0.3) is 5.91 Å². The third-order valence-corrected chi connectivity index (χ3v) is 4.53. The quantitative estimate of drug-likeness (QED) is 0.803. The monoisotopic (exact) mass is 379 g/mol. The molecule has 2 atom stereocenters. The topological polar surface area (TPSA) is 40.5 Å². The summed E-state index contributed by atoms with van der Waals surface area (Å²) in [6.07, 6.45) is 0.502. The lowest BCUT2D eigenvalue weighted by Gasteiger charge is -2.18. The highest BCUT2D eigenvalue weighted by Crippen LogP contribution is 2.24. The van der Waals surface area contributed by atoms with Crippen LogP contribution in [-0.2, 0) is 0 Å². The molecule has 1 aromatic rings. The lowest BCUT2D eigenvalue weighted by molar-refractivity contribution is 0.0761. The standard InChI is InChI=1S/C13H15ClINO2/c1-8(17)9-4-5-16(7-9)13(18)11-6-10(14)2-3-12(11)15/h2-3,6,8-9,17H,4-5,7H2,1H3. The van der Waals surface area contributed by atoms with Gasteiger partial charge in [0.1, 0.15) is 0 Å². The smallest absolute Gasteiger partial charge is 0.254 e. The van der Waals surface area contributed by atoms with E-state index in [-0.39, 0.29) is 17.9 Å². The molecule has 0 spiro atoms. The molecule has 0 bridgehead atoms. The Kier molecular flexibility index (Phi) is 4.50. The van der Waals surface area contributed by atoms with E-state index in [1.54, 1.807) is 24.0 Å². The van der Waals surface area contributed by atoms with Gasteiger partial charge in [-0.15, -0.1) is 0 Å². The van der Waals surface area contributed by atoms with Crippen molar-refractivity contribution >= 4 is 40.1 Å². The van der Waals surface area contributed by atoms with Gasteiger partial charge in [0.15, 0.2) is 0 Å². The molecule has 1 amide bonds. The molecule has 1 aliphatic heterocycles. The zero-order valence-corrected chi connectivity index (χ0v) is 13.0. The lowest BCUT2D eigenvalue weighted by Crippen LogP contribution is -2.30. The molecule has 98 valence electrons. The molecule has 0 radical (unpaired) electrons. The Morgan fingerprint density at radius 2 is 2.33 bits per heavy atom. The highest BCUT2D eigenvalue weighted by Gasteiger charge is 2.30. The van der Waals surface area contributed by atoms with E-state index in [4.69, 9.17) is 11.6 Å². The van der Waals surface area contributed by atoms with Gasteiger partial charge in [0.2, 0.25) is 0 Å². The molecule has 1 saturated heterocycles. The summed E-state index contributed by atoms with van der Waals surface area (Å²) in [5.74, 6) is 0.191. The average Bonchev–Trinajstić information content (AvgIpc) is 2.81. The number of aliphatic hydroxyl groups is 1. The van der Waals surface area contributed by atoms with Crippen LogP contribution in [0.15, 0.2) is 18.2 Å². The average molecular weight is 380 g/mol. The Balaban J connectivity index is 2.15. The molecule has 2 rings (SSSR count). The molecule has 0 aromatic heterocycles. The van der Waals surface area contributed by atoms with Gasteiger partial charge in [-0.1, -0.05) is 11.6 Å². The second-order valence-corrected chi connectivity index (χ2v) is 6.26. The first-order valence-electron chi connectivity index (χ1n) is 5.91. The first kappa shape index (κ1) is 14.1. The molecule has 0 saturated carbocycles. The molecule has 1 N–H and O–H groups in total. The third kappa shape index (κ3) is 2.97. The molecule has 2 unspecified atom stereocenters. The van der Waals surface area contributed by atoms with Gasteiger partial charge in [-0.25, -0.2) is 0 Å². The van der Waals surface area contributed by atoms with Crippen molar-refractivity contribution in [2.75, 3.05) is 13.1 Å². The van der Waals surface area contributed by atoms with E-state index in [0.29, 0.717) is 23.7 Å². The van der Waals surface area contributed by atoms with Gasteiger partial charge in [0.05, 0.1) is 11.7 Å². The van der Waals surface area contributed by atoms with Crippen LogP contribution in [0.5, 0.6) is 0 Å². The Labute approximate surface area is 125 Å². The fourth-order valence-corrected chi connectivity index (χ4v) is 2.94. The van der Waals surface area contributed by atoms with Crippen LogP contribution in [0.3, 0.4) is 0 Å². The summed E-state index contributed by atoms with van der Waals surface area (Å²) in [5, 5.41) is 10.1. The minimum absolute atomic E-state index is 0.00468. The fraction of sp³-hybridized carbons (Fsp3) is 0.462. The summed E-state index contributed by atoms with van der Waals surface area (Å²) in [4.78, 5) is 14.2. The van der Waals surface area contributed by atoms with Crippen LogP contribution in [0.1, 0.15) is 23.7 Å². The van der Waals surface area contributed by atoms with Gasteiger partial charge < -0.3 is 10.0 Å². The molecule has 0 aliphatic carbocycles. The summed E-state index contributed by atoms with van der Waals surface area (Å²) >= 11 is 8.07. The summed E-state index contributed by atoms with van der Waals surface area (Å²) in [5.41, 5.74) is 0.648. The van der Waals surface area contributed by atoms with Crippen molar-refractivity contribution in [3.8, 4) is 0 Å². The van der Waals surface area contributed by atoms with Gasteiger partial charge in [-0.05, 0) is 54.1 Å². The SMILES string of the molecule is CC(O)C1CCN(C(=O)c2cc(Cl)ccc2I)C1. The molecule has 1 aliphatic rings. The van der Waals surface area contributed by atoms with E-state index in [0.717, 1.165) is 9.99 Å². The second kappa shape index (κ2) is 5.75. The van der Waals surface area contributed by atoms with E-state index >= 15 is 0 Å². The number of benzene rings is 1. The summed E-state index contributed by atoms with van der Waals surface area (Å²) in [6.45, 7) is 3.11. The number of carbonyl (C=O) groups is 1. The van der Waals surface area contributed by atoms with E-state index in [2.05, 4.69) is 22.6 Å². The molecule has 18 heavy (non-hydrogen) atoms. The number of likely N-dealkylation sites (tertiary alicyclic amines) is 1. The number of rotatable bonds is 2. The maximum absolute atomic E-state index is 12.4. The van der Waals surface area contributed by atoms with Crippen molar-refractivity contribution in [2.45, 2.75) is 19.4 Å². The number of hydrogen-bond acceptors (Lipinski definition) is 2. The van der Waals surface area contributed by atoms with E-state index in [1.165, 1.54) is 0 Å². The van der Waals surface area contributed by atoms with Crippen LogP contribution in [0.4, 0.5) is 0 Å². The van der Waals surface area contributed by atoms with Crippen LogP contribution in [0, 0.1) is 9.49 Å². The lowest BCUT2D eigenvalue weighted by atomic mass is 10.0. The zero-order chi connectivity index (χ0) is 13.3. The Hall–Kier alpha value is -0.330. The van der Waals surface area contributed by atoms with Gasteiger partial charge in [-0.3, -0.25) is 4.79 Å². The van der Waals surface area contributed by atoms with Crippen molar-refractivity contribution in [1.82, 2.24) is 4.90 Å². The van der Waals surface area contributed by atoms with Gasteiger partial charge in [-0.2, -0.15) is 0 Å². The largest absolute Gasteiger partial charge is 0.393 e. The van der Waals surface area contributed by atoms with Crippen molar-refractivity contribution < 1.29 is 9.90 Å². The van der Waals surface area contributed by atoms with Crippen molar-refractivity contribution in [3.05, 3.63) is 32.4 Å². The number of carbonyl (C=O) groups excluding carboxylic acids is 1.